The van der Waals surface area contributed by atoms with Crippen LogP contribution >= 0.6 is 0 Å². The molecule has 0 radical (unpaired) electrons. The largest absolute Gasteiger partial charge is 0.514 e. The number of hydrogen-bond donors (Lipinski definition) is 1. The number of nitrogens with zero attached hydrogens (tertiary/aromatic N) is 1. The summed E-state index contributed by atoms with van der Waals surface area (Å²) in [6, 6.07) is 2.94. The Morgan fingerprint density at radius 1 is 1.16 bits per heavy atom. The Balaban J connectivity index is 2.26. The molecule has 6 nitrogen and oxygen atoms in total. The van der Waals surface area contributed by atoms with Crippen LogP contribution in [0.2, 0.25) is 0 Å². The van der Waals surface area contributed by atoms with Crippen molar-refractivity contribution in [3.05, 3.63) is 18.3 Å². The number of pyridine rings is 1. The van der Waals surface area contributed by atoms with E-state index in [-0.39, 0.29) is 4.90 Å². The van der Waals surface area contributed by atoms with Crippen LogP contribution in [0.15, 0.2) is 23.2 Å². The molecule has 2 rings (SSSR count). The minimum absolute atomic E-state index is 0.0345. The fraction of sp³-hybridized carbons (Fsp3) is 0.545. The fourth-order valence-electron chi connectivity index (χ4n) is 1.66. The van der Waals surface area contributed by atoms with Crippen LogP contribution in [-0.2, 0) is 19.3 Å². The lowest BCUT2D eigenvalue weighted by Gasteiger charge is -2.32. The van der Waals surface area contributed by atoms with E-state index in [1.807, 2.05) is 27.7 Å². The molecule has 0 saturated carbocycles. The highest BCUT2D eigenvalue weighted by molar-refractivity contribution is 7.89. The standard InChI is InChI=1S/C11H17BN2O4S/c1-10(2)11(3,4)18-12(17-10)9-6-5-8(7-14-9)19(13,15)16/h5-7H,1-4H3,(H2,13,15,16). The molecule has 0 aromatic carbocycles. The maximum Gasteiger partial charge on any atom is 0.514 e. The molecule has 1 saturated heterocycles. The van der Waals surface area contributed by atoms with Gasteiger partial charge in [0.1, 0.15) is 4.90 Å². The van der Waals surface area contributed by atoms with E-state index in [1.165, 1.54) is 12.3 Å². The van der Waals surface area contributed by atoms with E-state index in [0.717, 1.165) is 0 Å². The van der Waals surface area contributed by atoms with Gasteiger partial charge in [0.2, 0.25) is 10.0 Å². The molecule has 1 fully saturated rings. The molecule has 1 aliphatic heterocycles. The van der Waals surface area contributed by atoms with Gasteiger partial charge in [0.25, 0.3) is 0 Å². The quantitative estimate of drug-likeness (QED) is 0.773. The third-order valence-electron chi connectivity index (χ3n) is 3.58. The first kappa shape index (κ1) is 14.5. The molecule has 1 aromatic rings. The van der Waals surface area contributed by atoms with Crippen LogP contribution in [0, 0.1) is 0 Å². The second-order valence-corrected chi connectivity index (χ2v) is 7.11. The maximum absolute atomic E-state index is 11.1. The first-order valence-corrected chi connectivity index (χ1v) is 7.42. The topological polar surface area (TPSA) is 91.5 Å². The van der Waals surface area contributed by atoms with Gasteiger partial charge < -0.3 is 9.31 Å². The number of sulfonamides is 1. The van der Waals surface area contributed by atoms with E-state index in [1.54, 1.807) is 6.07 Å². The van der Waals surface area contributed by atoms with Crippen molar-refractivity contribution in [2.24, 2.45) is 5.14 Å². The molecule has 0 amide bonds. The summed E-state index contributed by atoms with van der Waals surface area (Å²) in [7, 11) is -4.34. The smallest absolute Gasteiger partial charge is 0.398 e. The SMILES string of the molecule is CC1(C)OB(c2ccc(S(N)(=O)=O)cn2)OC1(C)C. The molecule has 0 bridgehead atoms. The van der Waals surface area contributed by atoms with Gasteiger partial charge in [-0.15, -0.1) is 0 Å². The van der Waals surface area contributed by atoms with E-state index in [4.69, 9.17) is 14.4 Å². The Morgan fingerprint density at radius 2 is 1.68 bits per heavy atom. The number of hydrogen-bond acceptors (Lipinski definition) is 5. The predicted molar refractivity (Wildman–Crippen MR) is 71.3 cm³/mol. The molecule has 19 heavy (non-hydrogen) atoms. The van der Waals surface area contributed by atoms with Crippen LogP contribution in [-0.4, -0.2) is 31.7 Å². The Bertz CT molecular complexity index is 567. The van der Waals surface area contributed by atoms with Crippen LogP contribution in [0.3, 0.4) is 0 Å². The van der Waals surface area contributed by atoms with Crippen molar-refractivity contribution in [1.82, 2.24) is 4.98 Å². The highest BCUT2D eigenvalue weighted by Crippen LogP contribution is 2.36. The normalized spacial score (nSPS) is 21.6. The molecule has 0 aliphatic carbocycles. The summed E-state index contributed by atoms with van der Waals surface area (Å²) in [6.07, 6.45) is 1.20. The number of nitrogens with two attached hydrogens (primary N) is 1. The number of rotatable bonds is 2. The molecular weight excluding hydrogens is 267 g/mol. The van der Waals surface area contributed by atoms with Gasteiger partial charge in [-0.25, -0.2) is 13.6 Å². The van der Waals surface area contributed by atoms with Crippen molar-refractivity contribution in [2.45, 2.75) is 43.8 Å². The minimum atomic E-state index is -3.73. The van der Waals surface area contributed by atoms with E-state index in [2.05, 4.69) is 4.98 Å². The molecule has 8 heteroatoms. The zero-order valence-electron chi connectivity index (χ0n) is 11.4. The second kappa shape index (κ2) is 4.27. The van der Waals surface area contributed by atoms with Crippen LogP contribution in [0.25, 0.3) is 0 Å². The third kappa shape index (κ3) is 2.67. The first-order chi connectivity index (χ1) is 8.53. The highest BCUT2D eigenvalue weighted by Gasteiger charge is 2.52. The van der Waals surface area contributed by atoms with E-state index < -0.39 is 28.3 Å². The van der Waals surface area contributed by atoms with Gasteiger partial charge in [-0.05, 0) is 39.8 Å². The lowest BCUT2D eigenvalue weighted by molar-refractivity contribution is 0.00578. The monoisotopic (exact) mass is 284 g/mol. The van der Waals surface area contributed by atoms with Crippen LogP contribution < -0.4 is 10.7 Å². The van der Waals surface area contributed by atoms with Crippen molar-refractivity contribution < 1.29 is 17.7 Å². The Morgan fingerprint density at radius 3 is 2.05 bits per heavy atom. The summed E-state index contributed by atoms with van der Waals surface area (Å²) in [6.45, 7) is 7.74. The summed E-state index contributed by atoms with van der Waals surface area (Å²) in [4.78, 5) is 4.01. The van der Waals surface area contributed by atoms with Gasteiger partial charge in [-0.3, -0.25) is 4.98 Å². The van der Waals surface area contributed by atoms with Crippen molar-refractivity contribution in [3.63, 3.8) is 0 Å². The summed E-state index contributed by atoms with van der Waals surface area (Å²) in [5, 5.41) is 5.02. The highest BCUT2D eigenvalue weighted by atomic mass is 32.2. The molecule has 0 spiro atoms. The van der Waals surface area contributed by atoms with Gasteiger partial charge in [0.15, 0.2) is 0 Å². The molecule has 104 valence electrons. The average molecular weight is 284 g/mol. The number of aromatic nitrogens is 1. The number of primary sulfonamides is 1. The summed E-state index contributed by atoms with van der Waals surface area (Å²) in [5.41, 5.74) is -0.401. The average Bonchev–Trinajstić information content (AvgIpc) is 2.47. The van der Waals surface area contributed by atoms with Crippen molar-refractivity contribution in [2.75, 3.05) is 0 Å². The van der Waals surface area contributed by atoms with Crippen LogP contribution in [0.4, 0.5) is 0 Å². The van der Waals surface area contributed by atoms with Gasteiger partial charge >= 0.3 is 7.12 Å². The lowest BCUT2D eigenvalue weighted by Crippen LogP contribution is -2.41. The van der Waals surface area contributed by atoms with E-state index >= 15 is 0 Å². The molecule has 1 aliphatic rings. The zero-order chi connectivity index (χ0) is 14.5. The summed E-state index contributed by atoms with van der Waals surface area (Å²) in [5.74, 6) is 0. The third-order valence-corrected chi connectivity index (χ3v) is 4.48. The second-order valence-electron chi connectivity index (χ2n) is 5.55. The lowest BCUT2D eigenvalue weighted by atomic mass is 9.84. The zero-order valence-corrected chi connectivity index (χ0v) is 12.2. The first-order valence-electron chi connectivity index (χ1n) is 5.87. The fourth-order valence-corrected chi connectivity index (χ4v) is 2.12. The van der Waals surface area contributed by atoms with Crippen LogP contribution in [0.1, 0.15) is 27.7 Å². The molecule has 2 N–H and O–H groups in total. The van der Waals surface area contributed by atoms with Gasteiger partial charge in [-0.1, -0.05) is 0 Å². The Hall–Kier alpha value is -0.955. The Labute approximate surface area is 113 Å². The molecule has 0 atom stereocenters. The van der Waals surface area contributed by atoms with Gasteiger partial charge in [0, 0.05) is 6.20 Å². The van der Waals surface area contributed by atoms with Crippen molar-refractivity contribution >= 4 is 22.7 Å². The van der Waals surface area contributed by atoms with E-state index in [9.17, 15) is 8.42 Å². The molecule has 0 unspecified atom stereocenters. The van der Waals surface area contributed by atoms with Crippen molar-refractivity contribution in [3.8, 4) is 0 Å². The van der Waals surface area contributed by atoms with Gasteiger partial charge in [-0.2, -0.15) is 0 Å². The predicted octanol–water partition coefficient (Wildman–Crippen LogP) is 0.0282. The molecular formula is C11H17BN2O4S. The maximum atomic E-state index is 11.1. The van der Waals surface area contributed by atoms with Crippen molar-refractivity contribution in [1.29, 1.82) is 0 Å². The van der Waals surface area contributed by atoms with Crippen LogP contribution in [0.5, 0.6) is 0 Å². The Kier molecular flexibility index (Phi) is 3.25. The molecule has 1 aromatic heterocycles. The van der Waals surface area contributed by atoms with Gasteiger partial charge in [0.05, 0.1) is 16.8 Å². The minimum Gasteiger partial charge on any atom is -0.398 e. The summed E-state index contributed by atoms with van der Waals surface area (Å²) >= 11 is 0. The van der Waals surface area contributed by atoms with E-state index in [0.29, 0.717) is 5.59 Å². The molecule has 2 heterocycles. The summed E-state index contributed by atoms with van der Waals surface area (Å²) < 4.78 is 33.9.